The zero-order valence-electron chi connectivity index (χ0n) is 23.0. The van der Waals surface area contributed by atoms with Crippen LogP contribution in [0.5, 0.6) is 0 Å². The van der Waals surface area contributed by atoms with Gasteiger partial charge in [-0.1, -0.05) is 22.9 Å². The fourth-order valence-corrected chi connectivity index (χ4v) is 5.52. The SMILES string of the molecule is N#Cc1cnc2c(Cl)cc(NC(c3cccnc3)c3cn(CCCN4CCCC4)nn3)cc2c1Nc1cnc(F)c(F)c1. The average molecular weight is 601 g/mol. The monoisotopic (exact) mass is 600 g/mol. The maximum atomic E-state index is 13.9. The molecular formula is C30H27ClF2N10. The summed E-state index contributed by atoms with van der Waals surface area (Å²) in [6.07, 6.45) is 11.4. The van der Waals surface area contributed by atoms with Crippen molar-refractivity contribution < 1.29 is 8.78 Å². The molecule has 1 aliphatic heterocycles. The Hall–Kier alpha value is -4.73. The van der Waals surface area contributed by atoms with E-state index in [1.54, 1.807) is 24.5 Å². The first-order chi connectivity index (χ1) is 21.0. The predicted octanol–water partition coefficient (Wildman–Crippen LogP) is 5.85. The van der Waals surface area contributed by atoms with Crippen LogP contribution in [0.3, 0.4) is 0 Å². The van der Waals surface area contributed by atoms with Gasteiger partial charge < -0.3 is 15.5 Å². The molecule has 1 fully saturated rings. The summed E-state index contributed by atoms with van der Waals surface area (Å²) in [6.45, 7) is 4.10. The van der Waals surface area contributed by atoms with Gasteiger partial charge in [0.1, 0.15) is 11.8 Å². The Morgan fingerprint density at radius 2 is 1.91 bits per heavy atom. The molecule has 10 nitrogen and oxygen atoms in total. The Morgan fingerprint density at radius 1 is 1.05 bits per heavy atom. The molecule has 0 aliphatic carbocycles. The molecule has 1 aromatic carbocycles. The van der Waals surface area contributed by atoms with Crippen molar-refractivity contribution in [3.63, 3.8) is 0 Å². The molecule has 6 rings (SSSR count). The standard InChI is InChI=1S/C30H27ClF2N10/c31-24-12-21(11-23-27(20(14-34)16-36-29(23)24)39-22-13-25(32)30(33)37-17-22)38-28(19-5-3-6-35-15-19)26-18-43(41-40-26)10-4-9-42-7-1-2-8-42/h3,5-6,11-13,15-18,28,38H,1-2,4,7-10H2,(H,36,39). The second-order valence-corrected chi connectivity index (χ2v) is 10.7. The van der Waals surface area contributed by atoms with Crippen molar-refractivity contribution >= 4 is 39.6 Å². The van der Waals surface area contributed by atoms with E-state index in [2.05, 4.69) is 46.9 Å². The Bertz CT molecular complexity index is 1780. The van der Waals surface area contributed by atoms with Crippen LogP contribution in [-0.2, 0) is 6.54 Å². The van der Waals surface area contributed by atoms with E-state index in [4.69, 9.17) is 11.6 Å². The van der Waals surface area contributed by atoms with Crippen LogP contribution < -0.4 is 10.6 Å². The van der Waals surface area contributed by atoms with E-state index in [0.717, 1.165) is 50.4 Å². The molecule has 2 N–H and O–H groups in total. The minimum absolute atomic E-state index is 0.159. The van der Waals surface area contributed by atoms with Crippen LogP contribution in [0, 0.1) is 23.1 Å². The van der Waals surface area contributed by atoms with E-state index < -0.39 is 17.8 Å². The molecule has 1 unspecified atom stereocenters. The van der Waals surface area contributed by atoms with Crippen LogP contribution in [-0.4, -0.2) is 54.5 Å². The lowest BCUT2D eigenvalue weighted by Crippen LogP contribution is -2.21. The predicted molar refractivity (Wildman–Crippen MR) is 159 cm³/mol. The van der Waals surface area contributed by atoms with Gasteiger partial charge >= 0.3 is 0 Å². The highest BCUT2D eigenvalue weighted by Crippen LogP contribution is 2.36. The van der Waals surface area contributed by atoms with Crippen molar-refractivity contribution in [1.82, 2.24) is 34.8 Å². The van der Waals surface area contributed by atoms with Gasteiger partial charge in [-0.05, 0) is 62.7 Å². The van der Waals surface area contributed by atoms with Gasteiger partial charge in [0.15, 0.2) is 5.82 Å². The summed E-state index contributed by atoms with van der Waals surface area (Å²) in [5.74, 6) is -2.34. The van der Waals surface area contributed by atoms with Gasteiger partial charge in [0.25, 0.3) is 0 Å². The first-order valence-corrected chi connectivity index (χ1v) is 14.3. The molecule has 0 bridgehead atoms. The highest BCUT2D eigenvalue weighted by Gasteiger charge is 2.21. The second kappa shape index (κ2) is 12.6. The molecule has 0 saturated carbocycles. The van der Waals surface area contributed by atoms with Crippen LogP contribution >= 0.6 is 11.6 Å². The second-order valence-electron chi connectivity index (χ2n) is 10.3. The lowest BCUT2D eigenvalue weighted by molar-refractivity contribution is 0.321. The van der Waals surface area contributed by atoms with Gasteiger partial charge in [-0.15, -0.1) is 5.10 Å². The van der Waals surface area contributed by atoms with Crippen LogP contribution in [0.4, 0.5) is 25.8 Å². The Morgan fingerprint density at radius 3 is 2.67 bits per heavy atom. The maximum absolute atomic E-state index is 13.9. The molecule has 0 amide bonds. The number of fused-ring (bicyclic) bond motifs is 1. The lowest BCUT2D eigenvalue weighted by atomic mass is 10.0. The van der Waals surface area contributed by atoms with Crippen molar-refractivity contribution in [2.24, 2.45) is 0 Å². The van der Waals surface area contributed by atoms with Crippen molar-refractivity contribution in [3.05, 3.63) is 94.9 Å². The molecule has 4 aromatic heterocycles. The van der Waals surface area contributed by atoms with E-state index in [1.807, 2.05) is 23.0 Å². The third kappa shape index (κ3) is 6.38. The molecule has 13 heteroatoms. The van der Waals surface area contributed by atoms with Gasteiger partial charge in [0.2, 0.25) is 5.95 Å². The lowest BCUT2D eigenvalue weighted by Gasteiger charge is -2.19. The number of pyridine rings is 3. The van der Waals surface area contributed by atoms with E-state index in [9.17, 15) is 14.0 Å². The molecule has 1 aliphatic rings. The molecule has 5 aromatic rings. The number of aromatic nitrogens is 6. The number of rotatable bonds is 10. The zero-order chi connectivity index (χ0) is 29.8. The van der Waals surface area contributed by atoms with Gasteiger partial charge in [0, 0.05) is 42.3 Å². The van der Waals surface area contributed by atoms with Gasteiger partial charge in [0.05, 0.1) is 45.9 Å². The minimum Gasteiger partial charge on any atom is -0.373 e. The van der Waals surface area contributed by atoms with Crippen molar-refractivity contribution in [2.45, 2.75) is 31.8 Å². The summed E-state index contributed by atoms with van der Waals surface area (Å²) in [7, 11) is 0. The molecule has 1 saturated heterocycles. The van der Waals surface area contributed by atoms with Crippen LogP contribution in [0.1, 0.15) is 42.1 Å². The number of nitrogens with zero attached hydrogens (tertiary/aromatic N) is 8. The average Bonchev–Trinajstić information content (AvgIpc) is 3.71. The molecule has 5 heterocycles. The smallest absolute Gasteiger partial charge is 0.249 e. The molecule has 0 spiro atoms. The Labute approximate surface area is 251 Å². The first-order valence-electron chi connectivity index (χ1n) is 13.9. The number of aryl methyl sites for hydroxylation is 1. The van der Waals surface area contributed by atoms with Gasteiger partial charge in [-0.2, -0.15) is 9.65 Å². The topological polar surface area (TPSA) is 120 Å². The number of anilines is 3. The normalized spacial score (nSPS) is 14.1. The number of nitrogens with one attached hydrogen (secondary N) is 2. The quantitative estimate of drug-likeness (QED) is 0.190. The molecule has 0 radical (unpaired) electrons. The zero-order valence-corrected chi connectivity index (χ0v) is 23.8. The summed E-state index contributed by atoms with van der Waals surface area (Å²) in [4.78, 5) is 14.6. The summed E-state index contributed by atoms with van der Waals surface area (Å²) in [6, 6.07) is 9.94. The fraction of sp³-hybridized carbons (Fsp3) is 0.267. The number of nitriles is 1. The first kappa shape index (κ1) is 28.4. The number of benzene rings is 1. The van der Waals surface area contributed by atoms with Crippen LogP contribution in [0.25, 0.3) is 10.9 Å². The fourth-order valence-electron chi connectivity index (χ4n) is 5.26. The third-order valence-electron chi connectivity index (χ3n) is 7.35. The summed E-state index contributed by atoms with van der Waals surface area (Å²) >= 11 is 6.69. The third-order valence-corrected chi connectivity index (χ3v) is 7.64. The minimum atomic E-state index is -1.22. The summed E-state index contributed by atoms with van der Waals surface area (Å²) in [5.41, 5.74) is 3.26. The Balaban J connectivity index is 1.32. The highest BCUT2D eigenvalue weighted by molar-refractivity contribution is 6.36. The number of hydrogen-bond donors (Lipinski definition) is 2. The van der Waals surface area contributed by atoms with E-state index in [1.165, 1.54) is 19.0 Å². The Kier molecular flexibility index (Phi) is 8.35. The molecule has 218 valence electrons. The molecular weight excluding hydrogens is 574 g/mol. The van der Waals surface area contributed by atoms with Gasteiger partial charge in [-0.25, -0.2) is 9.37 Å². The van der Waals surface area contributed by atoms with E-state index in [0.29, 0.717) is 33.0 Å². The van der Waals surface area contributed by atoms with Crippen molar-refractivity contribution in [3.8, 4) is 6.07 Å². The van der Waals surface area contributed by atoms with Crippen molar-refractivity contribution in [1.29, 1.82) is 5.26 Å². The van der Waals surface area contributed by atoms with Gasteiger partial charge in [-0.3, -0.25) is 14.6 Å². The van der Waals surface area contributed by atoms with E-state index >= 15 is 0 Å². The maximum Gasteiger partial charge on any atom is 0.249 e. The number of hydrogen-bond acceptors (Lipinski definition) is 9. The summed E-state index contributed by atoms with van der Waals surface area (Å²) < 4.78 is 29.2. The highest BCUT2D eigenvalue weighted by atomic mass is 35.5. The molecule has 43 heavy (non-hydrogen) atoms. The van der Waals surface area contributed by atoms with Crippen LogP contribution in [0.2, 0.25) is 5.02 Å². The number of halogens is 3. The molecule has 1 atom stereocenters. The largest absolute Gasteiger partial charge is 0.373 e. The number of likely N-dealkylation sites (tertiary alicyclic amines) is 1. The van der Waals surface area contributed by atoms with Crippen LogP contribution in [0.15, 0.2) is 61.3 Å². The summed E-state index contributed by atoms with van der Waals surface area (Å²) in [5, 5.41) is 26.0. The van der Waals surface area contributed by atoms with E-state index in [-0.39, 0.29) is 11.3 Å². The van der Waals surface area contributed by atoms with Crippen molar-refractivity contribution in [2.75, 3.05) is 30.3 Å².